The lowest BCUT2D eigenvalue weighted by molar-refractivity contribution is -0.114. The number of hydrogen-bond donors (Lipinski definition) is 2. The molecule has 0 atom stereocenters. The molecular formula is C16H15N3OS. The highest BCUT2D eigenvalue weighted by Gasteiger charge is 2.07. The van der Waals surface area contributed by atoms with E-state index in [2.05, 4.69) is 15.6 Å². The Morgan fingerprint density at radius 1 is 1.19 bits per heavy atom. The minimum absolute atomic E-state index is 0.0518. The summed E-state index contributed by atoms with van der Waals surface area (Å²) in [5.74, 6) is -0.0518. The molecule has 0 aliphatic rings. The van der Waals surface area contributed by atoms with Crippen molar-refractivity contribution in [2.45, 2.75) is 13.5 Å². The van der Waals surface area contributed by atoms with Gasteiger partial charge in [0.05, 0.1) is 17.7 Å². The molecule has 2 N–H and O–H groups in total. The van der Waals surface area contributed by atoms with Crippen LogP contribution in [0, 0.1) is 0 Å². The fraction of sp³-hybridized carbons (Fsp3) is 0.125. The van der Waals surface area contributed by atoms with Crippen molar-refractivity contribution in [2.75, 3.05) is 10.6 Å². The normalized spacial score (nSPS) is 10.5. The van der Waals surface area contributed by atoms with E-state index in [1.807, 2.05) is 41.8 Å². The molecule has 2 aromatic heterocycles. The third kappa shape index (κ3) is 3.03. The lowest BCUT2D eigenvalue weighted by Crippen LogP contribution is -2.08. The molecule has 0 saturated heterocycles. The van der Waals surface area contributed by atoms with Gasteiger partial charge in [0.2, 0.25) is 5.91 Å². The average Bonchev–Trinajstić information content (AvgIpc) is 2.91. The maximum absolute atomic E-state index is 11.2. The second-order valence-electron chi connectivity index (χ2n) is 4.67. The summed E-state index contributed by atoms with van der Waals surface area (Å²) >= 11 is 1.62. The standard InChI is InChI=1S/C16H15N3OS/c1-11(20)19-15-7-9-21-16(15)10-18-14-6-2-5-13-12(14)4-3-8-17-13/h2-9,18H,10H2,1H3,(H,19,20). The third-order valence-corrected chi connectivity index (χ3v) is 4.06. The highest BCUT2D eigenvalue weighted by Crippen LogP contribution is 2.26. The van der Waals surface area contributed by atoms with Gasteiger partial charge in [-0.05, 0) is 35.7 Å². The van der Waals surface area contributed by atoms with E-state index >= 15 is 0 Å². The molecule has 21 heavy (non-hydrogen) atoms. The van der Waals surface area contributed by atoms with Crippen LogP contribution in [0.15, 0.2) is 48.0 Å². The lowest BCUT2D eigenvalue weighted by Gasteiger charge is -2.10. The first-order valence-electron chi connectivity index (χ1n) is 6.65. The van der Waals surface area contributed by atoms with Crippen molar-refractivity contribution >= 4 is 39.5 Å². The number of nitrogens with zero attached hydrogens (tertiary/aromatic N) is 1. The van der Waals surface area contributed by atoms with E-state index < -0.39 is 0 Å². The van der Waals surface area contributed by atoms with Crippen LogP contribution in [0.25, 0.3) is 10.9 Å². The van der Waals surface area contributed by atoms with Gasteiger partial charge < -0.3 is 10.6 Å². The smallest absolute Gasteiger partial charge is 0.221 e. The number of fused-ring (bicyclic) bond motifs is 1. The van der Waals surface area contributed by atoms with Crippen LogP contribution in [0.5, 0.6) is 0 Å². The SMILES string of the molecule is CC(=O)Nc1ccsc1CNc1cccc2ncccc12. The number of benzene rings is 1. The first-order valence-corrected chi connectivity index (χ1v) is 7.53. The summed E-state index contributed by atoms with van der Waals surface area (Å²) in [5.41, 5.74) is 2.89. The molecule has 2 heterocycles. The zero-order valence-corrected chi connectivity index (χ0v) is 12.4. The number of hydrogen-bond acceptors (Lipinski definition) is 4. The molecule has 1 aromatic carbocycles. The first-order chi connectivity index (χ1) is 10.2. The summed E-state index contributed by atoms with van der Waals surface area (Å²) in [5, 5.41) is 9.34. The van der Waals surface area contributed by atoms with Gasteiger partial charge in [-0.15, -0.1) is 11.3 Å². The van der Waals surface area contributed by atoms with Crippen molar-refractivity contribution in [3.63, 3.8) is 0 Å². The minimum Gasteiger partial charge on any atom is -0.380 e. The van der Waals surface area contributed by atoms with Gasteiger partial charge in [0.15, 0.2) is 0 Å². The largest absolute Gasteiger partial charge is 0.380 e. The first kappa shape index (κ1) is 13.6. The van der Waals surface area contributed by atoms with Gasteiger partial charge in [-0.2, -0.15) is 0 Å². The van der Waals surface area contributed by atoms with Crippen molar-refractivity contribution < 1.29 is 4.79 Å². The van der Waals surface area contributed by atoms with Crippen molar-refractivity contribution in [3.05, 3.63) is 52.9 Å². The fourth-order valence-electron chi connectivity index (χ4n) is 2.21. The maximum atomic E-state index is 11.2. The Morgan fingerprint density at radius 2 is 2.10 bits per heavy atom. The van der Waals surface area contributed by atoms with Gasteiger partial charge in [0.25, 0.3) is 0 Å². The number of amides is 1. The summed E-state index contributed by atoms with van der Waals surface area (Å²) < 4.78 is 0. The summed E-state index contributed by atoms with van der Waals surface area (Å²) in [6.45, 7) is 2.19. The van der Waals surface area contributed by atoms with Crippen molar-refractivity contribution in [1.29, 1.82) is 0 Å². The number of carbonyl (C=O) groups excluding carboxylic acids is 1. The number of nitrogens with one attached hydrogen (secondary N) is 2. The lowest BCUT2D eigenvalue weighted by atomic mass is 10.2. The molecule has 0 radical (unpaired) electrons. The molecule has 1 amide bonds. The summed E-state index contributed by atoms with van der Waals surface area (Å²) in [4.78, 5) is 16.6. The molecule has 5 heteroatoms. The minimum atomic E-state index is -0.0518. The van der Waals surface area contributed by atoms with Crippen molar-refractivity contribution in [3.8, 4) is 0 Å². The van der Waals surface area contributed by atoms with E-state index in [0.717, 1.165) is 27.2 Å². The third-order valence-electron chi connectivity index (χ3n) is 3.14. The molecule has 0 spiro atoms. The van der Waals surface area contributed by atoms with Crippen LogP contribution in [0.2, 0.25) is 0 Å². The molecule has 0 aliphatic carbocycles. The quantitative estimate of drug-likeness (QED) is 0.768. The molecule has 0 saturated carbocycles. The Kier molecular flexibility index (Phi) is 3.83. The molecule has 0 unspecified atom stereocenters. The summed E-state index contributed by atoms with van der Waals surface area (Å²) in [6, 6.07) is 11.9. The molecular weight excluding hydrogens is 282 g/mol. The molecule has 4 nitrogen and oxygen atoms in total. The van der Waals surface area contributed by atoms with Crippen LogP contribution in [-0.2, 0) is 11.3 Å². The van der Waals surface area contributed by atoms with E-state index in [1.54, 1.807) is 17.5 Å². The van der Waals surface area contributed by atoms with Crippen LogP contribution in [0.4, 0.5) is 11.4 Å². The van der Waals surface area contributed by atoms with Gasteiger partial charge in [-0.1, -0.05) is 6.07 Å². The molecule has 0 fully saturated rings. The van der Waals surface area contributed by atoms with Crippen LogP contribution < -0.4 is 10.6 Å². The Bertz CT molecular complexity index is 777. The maximum Gasteiger partial charge on any atom is 0.221 e. The van der Waals surface area contributed by atoms with Crippen LogP contribution in [-0.4, -0.2) is 10.9 Å². The highest BCUT2D eigenvalue weighted by atomic mass is 32.1. The van der Waals surface area contributed by atoms with E-state index in [1.165, 1.54) is 6.92 Å². The Balaban J connectivity index is 1.81. The number of pyridine rings is 1. The van der Waals surface area contributed by atoms with Crippen LogP contribution in [0.3, 0.4) is 0 Å². The number of carbonyl (C=O) groups is 1. The molecule has 0 bridgehead atoms. The molecule has 3 rings (SSSR count). The Labute approximate surface area is 126 Å². The Hall–Kier alpha value is -2.40. The second-order valence-corrected chi connectivity index (χ2v) is 5.67. The average molecular weight is 297 g/mol. The van der Waals surface area contributed by atoms with Gasteiger partial charge in [0.1, 0.15) is 0 Å². The monoisotopic (exact) mass is 297 g/mol. The molecule has 106 valence electrons. The summed E-state index contributed by atoms with van der Waals surface area (Å²) in [7, 11) is 0. The van der Waals surface area contributed by atoms with Gasteiger partial charge >= 0.3 is 0 Å². The number of anilines is 2. The van der Waals surface area contributed by atoms with Gasteiger partial charge in [0, 0.05) is 29.1 Å². The molecule has 3 aromatic rings. The second kappa shape index (κ2) is 5.93. The zero-order valence-electron chi connectivity index (χ0n) is 11.6. The van der Waals surface area contributed by atoms with Gasteiger partial charge in [-0.25, -0.2) is 0 Å². The van der Waals surface area contributed by atoms with E-state index in [4.69, 9.17) is 0 Å². The predicted octanol–water partition coefficient (Wildman–Crippen LogP) is 3.87. The number of thiophene rings is 1. The van der Waals surface area contributed by atoms with Crippen LogP contribution in [0.1, 0.15) is 11.8 Å². The highest BCUT2D eigenvalue weighted by molar-refractivity contribution is 7.10. The van der Waals surface area contributed by atoms with Gasteiger partial charge in [-0.3, -0.25) is 9.78 Å². The van der Waals surface area contributed by atoms with Crippen molar-refractivity contribution in [2.24, 2.45) is 0 Å². The van der Waals surface area contributed by atoms with E-state index in [9.17, 15) is 4.79 Å². The number of aromatic nitrogens is 1. The fourth-order valence-corrected chi connectivity index (χ4v) is 2.98. The van der Waals surface area contributed by atoms with E-state index in [-0.39, 0.29) is 5.91 Å². The number of rotatable bonds is 4. The molecule has 0 aliphatic heterocycles. The zero-order chi connectivity index (χ0) is 14.7. The summed E-state index contributed by atoms with van der Waals surface area (Å²) in [6.07, 6.45) is 1.79. The van der Waals surface area contributed by atoms with Crippen LogP contribution >= 0.6 is 11.3 Å². The van der Waals surface area contributed by atoms with Crippen molar-refractivity contribution in [1.82, 2.24) is 4.98 Å². The van der Waals surface area contributed by atoms with E-state index in [0.29, 0.717) is 6.54 Å². The predicted molar refractivity (Wildman–Crippen MR) is 87.7 cm³/mol. The Morgan fingerprint density at radius 3 is 2.95 bits per heavy atom. The topological polar surface area (TPSA) is 54.0 Å².